The molecule has 0 aliphatic rings. The molecule has 0 radical (unpaired) electrons. The Bertz CT molecular complexity index is 266. The molecule has 1 aromatic rings. The van der Waals surface area contributed by atoms with Gasteiger partial charge in [-0.25, -0.2) is 0 Å². The van der Waals surface area contributed by atoms with E-state index < -0.39 is 5.60 Å². The van der Waals surface area contributed by atoms with Crippen molar-refractivity contribution < 1.29 is 5.11 Å². The topological polar surface area (TPSA) is 20.2 Å². The fourth-order valence-corrected chi connectivity index (χ4v) is 1.29. The van der Waals surface area contributed by atoms with Gasteiger partial charge in [0.2, 0.25) is 0 Å². The summed E-state index contributed by atoms with van der Waals surface area (Å²) in [6, 6.07) is 9.97. The minimum Gasteiger partial charge on any atom is -0.385 e. The third-order valence-electron chi connectivity index (χ3n) is 2.35. The van der Waals surface area contributed by atoms with Crippen LogP contribution in [0.1, 0.15) is 18.9 Å². The average Bonchev–Trinajstić information content (AvgIpc) is 2.19. The number of hydrogen-bond donors (Lipinski definition) is 1. The minimum atomic E-state index is -0.749. The number of hydrogen-bond acceptors (Lipinski definition) is 1. The molecular formula is C12H16O. The standard InChI is InChI=1S/C12H16O/c1-3-12(13,4-2)10-11-8-6-5-7-9-11/h3,5-9,13H,1,4,10H2,2H3. The molecule has 1 heteroatoms. The minimum absolute atomic E-state index is 0.647. The van der Waals surface area contributed by atoms with Crippen LogP contribution < -0.4 is 0 Å². The second-order valence-corrected chi connectivity index (χ2v) is 3.32. The van der Waals surface area contributed by atoms with E-state index in [0.717, 1.165) is 5.56 Å². The van der Waals surface area contributed by atoms with Gasteiger partial charge in [-0.15, -0.1) is 6.58 Å². The first-order valence-corrected chi connectivity index (χ1v) is 4.60. The smallest absolute Gasteiger partial charge is 0.0862 e. The highest BCUT2D eigenvalue weighted by atomic mass is 16.3. The maximum absolute atomic E-state index is 9.96. The molecule has 0 aliphatic heterocycles. The van der Waals surface area contributed by atoms with Gasteiger partial charge < -0.3 is 5.11 Å². The van der Waals surface area contributed by atoms with E-state index in [-0.39, 0.29) is 0 Å². The Morgan fingerprint density at radius 3 is 2.46 bits per heavy atom. The Labute approximate surface area is 79.7 Å². The first-order valence-electron chi connectivity index (χ1n) is 4.60. The normalized spacial score (nSPS) is 14.9. The average molecular weight is 176 g/mol. The summed E-state index contributed by atoms with van der Waals surface area (Å²) in [4.78, 5) is 0. The lowest BCUT2D eigenvalue weighted by atomic mass is 9.92. The van der Waals surface area contributed by atoms with E-state index in [1.807, 2.05) is 37.3 Å². The Morgan fingerprint density at radius 1 is 1.38 bits per heavy atom. The van der Waals surface area contributed by atoms with Gasteiger partial charge in [-0.05, 0) is 12.0 Å². The molecule has 1 rings (SSSR count). The van der Waals surface area contributed by atoms with Gasteiger partial charge in [0.05, 0.1) is 5.60 Å². The summed E-state index contributed by atoms with van der Waals surface area (Å²) in [5.41, 5.74) is 0.396. The van der Waals surface area contributed by atoms with Crippen LogP contribution in [-0.4, -0.2) is 10.7 Å². The Hall–Kier alpha value is -1.08. The molecule has 0 heterocycles. The lowest BCUT2D eigenvalue weighted by Gasteiger charge is -2.22. The number of benzene rings is 1. The third kappa shape index (κ3) is 2.71. The summed E-state index contributed by atoms with van der Waals surface area (Å²) < 4.78 is 0. The van der Waals surface area contributed by atoms with E-state index in [1.54, 1.807) is 6.08 Å². The summed E-state index contributed by atoms with van der Waals surface area (Å²) in [7, 11) is 0. The van der Waals surface area contributed by atoms with Crippen LogP contribution >= 0.6 is 0 Å². The molecule has 1 atom stereocenters. The molecule has 1 N–H and O–H groups in total. The van der Waals surface area contributed by atoms with Gasteiger partial charge in [0.25, 0.3) is 0 Å². The van der Waals surface area contributed by atoms with Crippen molar-refractivity contribution in [3.8, 4) is 0 Å². The van der Waals surface area contributed by atoms with Crippen molar-refractivity contribution in [2.45, 2.75) is 25.4 Å². The quantitative estimate of drug-likeness (QED) is 0.699. The van der Waals surface area contributed by atoms with E-state index >= 15 is 0 Å². The van der Waals surface area contributed by atoms with Crippen LogP contribution in [0.2, 0.25) is 0 Å². The molecule has 0 bridgehead atoms. The van der Waals surface area contributed by atoms with Gasteiger partial charge in [0.1, 0.15) is 0 Å². The van der Waals surface area contributed by atoms with Gasteiger partial charge in [-0.2, -0.15) is 0 Å². The summed E-state index contributed by atoms with van der Waals surface area (Å²) in [5.74, 6) is 0. The van der Waals surface area contributed by atoms with Gasteiger partial charge >= 0.3 is 0 Å². The van der Waals surface area contributed by atoms with E-state index in [0.29, 0.717) is 12.8 Å². The molecule has 0 aliphatic carbocycles. The predicted octanol–water partition coefficient (Wildman–Crippen LogP) is 2.56. The maximum atomic E-state index is 9.96. The maximum Gasteiger partial charge on any atom is 0.0862 e. The zero-order valence-corrected chi connectivity index (χ0v) is 8.03. The predicted molar refractivity (Wildman–Crippen MR) is 55.6 cm³/mol. The lowest BCUT2D eigenvalue weighted by molar-refractivity contribution is 0.0876. The van der Waals surface area contributed by atoms with Crippen molar-refractivity contribution in [2.24, 2.45) is 0 Å². The van der Waals surface area contributed by atoms with Crippen LogP contribution in [0.3, 0.4) is 0 Å². The van der Waals surface area contributed by atoms with Crippen LogP contribution in [-0.2, 0) is 6.42 Å². The van der Waals surface area contributed by atoms with Crippen molar-refractivity contribution in [3.63, 3.8) is 0 Å². The monoisotopic (exact) mass is 176 g/mol. The van der Waals surface area contributed by atoms with Gasteiger partial charge in [-0.3, -0.25) is 0 Å². The molecule has 1 nitrogen and oxygen atoms in total. The van der Waals surface area contributed by atoms with Gasteiger partial charge in [-0.1, -0.05) is 43.3 Å². The van der Waals surface area contributed by atoms with Crippen molar-refractivity contribution in [1.82, 2.24) is 0 Å². The van der Waals surface area contributed by atoms with Crippen LogP contribution in [0.4, 0.5) is 0 Å². The van der Waals surface area contributed by atoms with Crippen molar-refractivity contribution in [1.29, 1.82) is 0 Å². The van der Waals surface area contributed by atoms with Crippen LogP contribution in [0.25, 0.3) is 0 Å². The summed E-state index contributed by atoms with van der Waals surface area (Å²) in [5, 5.41) is 9.96. The molecule has 1 unspecified atom stereocenters. The van der Waals surface area contributed by atoms with Crippen molar-refractivity contribution in [2.75, 3.05) is 0 Å². The second kappa shape index (κ2) is 4.24. The molecule has 1 aromatic carbocycles. The SMILES string of the molecule is C=CC(O)(CC)Cc1ccccc1. The van der Waals surface area contributed by atoms with Crippen LogP contribution in [0, 0.1) is 0 Å². The molecule has 0 aromatic heterocycles. The molecule has 0 saturated carbocycles. The summed E-state index contributed by atoms with van der Waals surface area (Å²) in [6.07, 6.45) is 2.97. The molecule has 0 saturated heterocycles. The largest absolute Gasteiger partial charge is 0.385 e. The highest BCUT2D eigenvalue weighted by Crippen LogP contribution is 2.17. The lowest BCUT2D eigenvalue weighted by Crippen LogP contribution is -2.27. The molecule has 0 spiro atoms. The summed E-state index contributed by atoms with van der Waals surface area (Å²) in [6.45, 7) is 5.61. The van der Waals surface area contributed by atoms with Crippen LogP contribution in [0.15, 0.2) is 43.0 Å². The Balaban J connectivity index is 2.73. The zero-order valence-electron chi connectivity index (χ0n) is 8.03. The Kier molecular flexibility index (Phi) is 3.26. The van der Waals surface area contributed by atoms with Crippen molar-refractivity contribution in [3.05, 3.63) is 48.6 Å². The van der Waals surface area contributed by atoms with Crippen LogP contribution in [0.5, 0.6) is 0 Å². The Morgan fingerprint density at radius 2 is 2.00 bits per heavy atom. The highest BCUT2D eigenvalue weighted by molar-refractivity contribution is 5.18. The molecule has 0 fully saturated rings. The third-order valence-corrected chi connectivity index (χ3v) is 2.35. The van der Waals surface area contributed by atoms with Gasteiger partial charge in [0, 0.05) is 6.42 Å². The van der Waals surface area contributed by atoms with E-state index in [4.69, 9.17) is 0 Å². The first-order chi connectivity index (χ1) is 6.20. The number of rotatable bonds is 4. The fourth-order valence-electron chi connectivity index (χ4n) is 1.29. The zero-order chi connectivity index (χ0) is 9.73. The van der Waals surface area contributed by atoms with E-state index in [2.05, 4.69) is 6.58 Å². The molecule has 0 amide bonds. The van der Waals surface area contributed by atoms with Crippen molar-refractivity contribution >= 4 is 0 Å². The first kappa shape index (κ1) is 10.0. The number of aliphatic hydroxyl groups is 1. The molecule has 13 heavy (non-hydrogen) atoms. The van der Waals surface area contributed by atoms with E-state index in [9.17, 15) is 5.11 Å². The molecular weight excluding hydrogens is 160 g/mol. The fraction of sp³-hybridized carbons (Fsp3) is 0.333. The molecule has 70 valence electrons. The highest BCUT2D eigenvalue weighted by Gasteiger charge is 2.19. The summed E-state index contributed by atoms with van der Waals surface area (Å²) >= 11 is 0. The second-order valence-electron chi connectivity index (χ2n) is 3.32. The van der Waals surface area contributed by atoms with Gasteiger partial charge in [0.15, 0.2) is 0 Å². The van der Waals surface area contributed by atoms with E-state index in [1.165, 1.54) is 0 Å².